The molecule has 0 bridgehead atoms. The molecule has 1 aromatic rings. The smallest absolute Gasteiger partial charge is 0.249 e. The number of amides is 1. The number of carbonyl (C=O) groups is 1. The fourth-order valence-corrected chi connectivity index (χ4v) is 2.45. The van der Waals surface area contributed by atoms with Crippen LogP contribution in [0.1, 0.15) is 32.3 Å². The second-order valence-corrected chi connectivity index (χ2v) is 5.79. The van der Waals surface area contributed by atoms with Crippen molar-refractivity contribution in [1.29, 1.82) is 0 Å². The maximum Gasteiger partial charge on any atom is 0.249 e. The molecule has 0 unspecified atom stereocenters. The van der Waals surface area contributed by atoms with Gasteiger partial charge in [-0.1, -0.05) is 0 Å². The average Bonchev–Trinajstić information content (AvgIpc) is 3.07. The first kappa shape index (κ1) is 16.0. The largest absolute Gasteiger partial charge is 0.376 e. The summed E-state index contributed by atoms with van der Waals surface area (Å²) in [4.78, 5) is 14.1. The quantitative estimate of drug-likeness (QED) is 0.762. The lowest BCUT2D eigenvalue weighted by molar-refractivity contribution is -0.139. The normalized spacial score (nSPS) is 18.4. The van der Waals surface area contributed by atoms with Gasteiger partial charge in [0, 0.05) is 38.0 Å². The number of hydrogen-bond donors (Lipinski definition) is 0. The van der Waals surface area contributed by atoms with Crippen LogP contribution in [0.3, 0.4) is 0 Å². The highest BCUT2D eigenvalue weighted by molar-refractivity contribution is 5.77. The summed E-state index contributed by atoms with van der Waals surface area (Å²) in [6.45, 7) is 6.00. The summed E-state index contributed by atoms with van der Waals surface area (Å²) in [5.74, 6) is 0.00634. The Bertz CT molecular complexity index is 453. The summed E-state index contributed by atoms with van der Waals surface area (Å²) in [6.07, 6.45) is 5.98. The monoisotopic (exact) mass is 295 g/mol. The van der Waals surface area contributed by atoms with Gasteiger partial charge >= 0.3 is 0 Å². The predicted molar refractivity (Wildman–Crippen MR) is 78.7 cm³/mol. The Balaban J connectivity index is 1.80. The second kappa shape index (κ2) is 7.56. The van der Waals surface area contributed by atoms with Crippen LogP contribution in [0.2, 0.25) is 0 Å². The van der Waals surface area contributed by atoms with Crippen LogP contribution >= 0.6 is 0 Å². The molecule has 1 saturated heterocycles. The van der Waals surface area contributed by atoms with E-state index in [0.29, 0.717) is 13.2 Å². The maximum absolute atomic E-state index is 12.3. The first-order valence-electron chi connectivity index (χ1n) is 7.52. The highest BCUT2D eigenvalue weighted by atomic mass is 16.5. The first-order chi connectivity index (χ1) is 10.1. The number of aromatic nitrogens is 2. The van der Waals surface area contributed by atoms with Crippen molar-refractivity contribution in [3.05, 3.63) is 18.0 Å². The van der Waals surface area contributed by atoms with Gasteiger partial charge in [-0.15, -0.1) is 0 Å². The zero-order chi connectivity index (χ0) is 15.2. The van der Waals surface area contributed by atoms with Crippen molar-refractivity contribution in [2.24, 2.45) is 7.05 Å². The lowest BCUT2D eigenvalue weighted by Crippen LogP contribution is -2.39. The van der Waals surface area contributed by atoms with Gasteiger partial charge in [-0.2, -0.15) is 5.10 Å². The van der Waals surface area contributed by atoms with Gasteiger partial charge in [0.25, 0.3) is 0 Å². The molecule has 1 aliphatic rings. The summed E-state index contributed by atoms with van der Waals surface area (Å²) in [5, 5.41) is 4.13. The molecule has 6 nitrogen and oxygen atoms in total. The molecule has 1 fully saturated rings. The summed E-state index contributed by atoms with van der Waals surface area (Å²) in [6, 6.07) is 0.129. The number of hydrogen-bond acceptors (Lipinski definition) is 4. The minimum Gasteiger partial charge on any atom is -0.376 e. The Hall–Kier alpha value is -1.40. The van der Waals surface area contributed by atoms with Gasteiger partial charge in [0.15, 0.2) is 0 Å². The third-order valence-electron chi connectivity index (χ3n) is 3.61. The van der Waals surface area contributed by atoms with E-state index < -0.39 is 0 Å². The second-order valence-electron chi connectivity index (χ2n) is 5.79. The molecule has 1 aromatic heterocycles. The van der Waals surface area contributed by atoms with Crippen LogP contribution < -0.4 is 0 Å². The lowest BCUT2D eigenvalue weighted by Gasteiger charge is -2.26. The van der Waals surface area contributed by atoms with E-state index in [9.17, 15) is 4.79 Å². The van der Waals surface area contributed by atoms with Gasteiger partial charge in [-0.05, 0) is 26.7 Å². The minimum atomic E-state index is 0.00634. The Labute approximate surface area is 126 Å². The highest BCUT2D eigenvalue weighted by Gasteiger charge is 2.20. The first-order valence-corrected chi connectivity index (χ1v) is 7.52. The Kier molecular flexibility index (Phi) is 5.76. The van der Waals surface area contributed by atoms with Crippen molar-refractivity contribution in [2.45, 2.75) is 45.4 Å². The van der Waals surface area contributed by atoms with E-state index >= 15 is 0 Å². The van der Waals surface area contributed by atoms with E-state index in [2.05, 4.69) is 5.10 Å². The Morgan fingerprint density at radius 1 is 1.62 bits per heavy atom. The van der Waals surface area contributed by atoms with Crippen LogP contribution in [0.15, 0.2) is 12.4 Å². The minimum absolute atomic E-state index is 0.00634. The molecule has 2 rings (SSSR count). The summed E-state index contributed by atoms with van der Waals surface area (Å²) < 4.78 is 12.7. The number of ether oxygens (including phenoxy) is 2. The molecular weight excluding hydrogens is 270 g/mol. The zero-order valence-corrected chi connectivity index (χ0v) is 13.1. The van der Waals surface area contributed by atoms with E-state index in [0.717, 1.165) is 25.0 Å². The average molecular weight is 295 g/mol. The van der Waals surface area contributed by atoms with Crippen LogP contribution in [0.5, 0.6) is 0 Å². The van der Waals surface area contributed by atoms with E-state index in [1.807, 2.05) is 32.0 Å². The fraction of sp³-hybridized carbons (Fsp3) is 0.733. The van der Waals surface area contributed by atoms with Crippen LogP contribution in [-0.2, 0) is 27.9 Å². The van der Waals surface area contributed by atoms with Crippen molar-refractivity contribution < 1.29 is 14.3 Å². The molecule has 0 aromatic carbocycles. The summed E-state index contributed by atoms with van der Waals surface area (Å²) in [5.41, 5.74) is 1.03. The van der Waals surface area contributed by atoms with Crippen molar-refractivity contribution in [3.63, 3.8) is 0 Å². The van der Waals surface area contributed by atoms with Gasteiger partial charge in [0.2, 0.25) is 5.91 Å². The SMILES string of the molecule is CC(C)N(Cc1cnn(C)c1)C(=O)COC[C@H]1CCCO1. The molecule has 0 saturated carbocycles. The highest BCUT2D eigenvalue weighted by Crippen LogP contribution is 2.12. The van der Waals surface area contributed by atoms with Gasteiger partial charge in [0.1, 0.15) is 6.61 Å². The van der Waals surface area contributed by atoms with Crippen LogP contribution in [0.4, 0.5) is 0 Å². The van der Waals surface area contributed by atoms with Crippen LogP contribution in [0, 0.1) is 0 Å². The van der Waals surface area contributed by atoms with Crippen molar-refractivity contribution in [1.82, 2.24) is 14.7 Å². The van der Waals surface area contributed by atoms with E-state index in [1.54, 1.807) is 10.9 Å². The van der Waals surface area contributed by atoms with Crippen LogP contribution in [0.25, 0.3) is 0 Å². The van der Waals surface area contributed by atoms with Gasteiger partial charge < -0.3 is 14.4 Å². The van der Waals surface area contributed by atoms with Crippen molar-refractivity contribution >= 4 is 5.91 Å². The molecule has 1 aliphatic heterocycles. The van der Waals surface area contributed by atoms with Gasteiger partial charge in [-0.3, -0.25) is 9.48 Å². The molecule has 21 heavy (non-hydrogen) atoms. The maximum atomic E-state index is 12.3. The number of nitrogens with zero attached hydrogens (tertiary/aromatic N) is 3. The molecule has 6 heteroatoms. The fourth-order valence-electron chi connectivity index (χ4n) is 2.45. The zero-order valence-electron chi connectivity index (χ0n) is 13.1. The van der Waals surface area contributed by atoms with Gasteiger partial charge in [-0.25, -0.2) is 0 Å². The standard InChI is InChI=1S/C15H25N3O3/c1-12(2)18(9-13-7-16-17(3)8-13)15(19)11-20-10-14-5-4-6-21-14/h7-8,12,14H,4-6,9-11H2,1-3H3/t14-/m1/s1. The topological polar surface area (TPSA) is 56.6 Å². The van der Waals surface area contributed by atoms with Crippen molar-refractivity contribution in [3.8, 4) is 0 Å². The summed E-state index contributed by atoms with van der Waals surface area (Å²) in [7, 11) is 1.87. The number of rotatable bonds is 7. The van der Waals surface area contributed by atoms with Crippen LogP contribution in [-0.4, -0.2) is 52.6 Å². The molecule has 0 N–H and O–H groups in total. The Morgan fingerprint density at radius 3 is 3.00 bits per heavy atom. The predicted octanol–water partition coefficient (Wildman–Crippen LogP) is 1.35. The lowest BCUT2D eigenvalue weighted by atomic mass is 10.2. The van der Waals surface area contributed by atoms with Crippen molar-refractivity contribution in [2.75, 3.05) is 19.8 Å². The molecular formula is C15H25N3O3. The summed E-state index contributed by atoms with van der Waals surface area (Å²) >= 11 is 0. The molecule has 0 aliphatic carbocycles. The third-order valence-corrected chi connectivity index (χ3v) is 3.61. The molecule has 1 atom stereocenters. The molecule has 0 spiro atoms. The molecule has 118 valence electrons. The molecule has 0 radical (unpaired) electrons. The molecule has 1 amide bonds. The molecule has 2 heterocycles. The van der Waals surface area contributed by atoms with E-state index in [4.69, 9.17) is 9.47 Å². The van der Waals surface area contributed by atoms with E-state index in [1.165, 1.54) is 0 Å². The van der Waals surface area contributed by atoms with Gasteiger partial charge in [0.05, 0.1) is 18.9 Å². The Morgan fingerprint density at radius 2 is 2.43 bits per heavy atom. The van der Waals surface area contributed by atoms with E-state index in [-0.39, 0.29) is 24.7 Å². The number of aryl methyl sites for hydroxylation is 1. The third kappa shape index (κ3) is 4.82. The number of carbonyl (C=O) groups excluding carboxylic acids is 1.